The molecule has 1 N–H and O–H groups in total. The number of benzene rings is 1. The summed E-state index contributed by atoms with van der Waals surface area (Å²) in [6.45, 7) is 4.08. The van der Waals surface area contributed by atoms with E-state index in [2.05, 4.69) is 27.1 Å². The van der Waals surface area contributed by atoms with Crippen LogP contribution >= 0.6 is 15.9 Å². The minimum absolute atomic E-state index is 0.630. The molecule has 0 aliphatic heterocycles. The van der Waals surface area contributed by atoms with E-state index in [1.807, 2.05) is 32.2 Å². The van der Waals surface area contributed by atoms with Crippen molar-refractivity contribution in [3.05, 3.63) is 45.7 Å². The second-order valence-corrected chi connectivity index (χ2v) is 6.30. The number of aryl methyl sites for hydroxylation is 2. The van der Waals surface area contributed by atoms with Crippen molar-refractivity contribution in [2.45, 2.75) is 32.1 Å². The van der Waals surface area contributed by atoms with Gasteiger partial charge in [0.05, 0.1) is 15.9 Å². The van der Waals surface area contributed by atoms with Crippen LogP contribution in [0.4, 0.5) is 0 Å². The lowest BCUT2D eigenvalue weighted by molar-refractivity contribution is -0.140. The van der Waals surface area contributed by atoms with Crippen molar-refractivity contribution in [2.75, 3.05) is 0 Å². The average Bonchev–Trinajstić information content (AvgIpc) is 3.09. The number of halogens is 1. The fourth-order valence-corrected chi connectivity index (χ4v) is 3.19. The molecule has 2 aromatic rings. The van der Waals surface area contributed by atoms with Crippen LogP contribution in [-0.2, 0) is 10.2 Å². The van der Waals surface area contributed by atoms with Crippen molar-refractivity contribution in [2.24, 2.45) is 0 Å². The van der Waals surface area contributed by atoms with Crippen LogP contribution in [0.15, 0.2) is 28.9 Å². The summed E-state index contributed by atoms with van der Waals surface area (Å²) in [5.74, 6) is -0.788. The SMILES string of the molecule is Cc1ccc(-n2cc(Br)c(C3(C(=O)O)CC3)n2)c(C)c1. The van der Waals surface area contributed by atoms with Gasteiger partial charge in [0.15, 0.2) is 0 Å². The van der Waals surface area contributed by atoms with Crippen LogP contribution in [0.1, 0.15) is 29.7 Å². The van der Waals surface area contributed by atoms with Gasteiger partial charge in [-0.25, -0.2) is 4.68 Å². The molecular formula is C15H15BrN2O2. The van der Waals surface area contributed by atoms with Gasteiger partial charge in [-0.2, -0.15) is 5.10 Å². The van der Waals surface area contributed by atoms with Crippen LogP contribution in [0, 0.1) is 13.8 Å². The third-order valence-electron chi connectivity index (χ3n) is 3.88. The summed E-state index contributed by atoms with van der Waals surface area (Å²) in [5.41, 5.74) is 3.13. The number of carbonyl (C=O) groups is 1. The highest BCUT2D eigenvalue weighted by Gasteiger charge is 2.55. The molecule has 1 aromatic carbocycles. The average molecular weight is 335 g/mol. The molecule has 1 aliphatic carbocycles. The third kappa shape index (κ3) is 1.97. The van der Waals surface area contributed by atoms with E-state index in [0.29, 0.717) is 18.5 Å². The molecule has 0 atom stereocenters. The van der Waals surface area contributed by atoms with Crippen LogP contribution in [-0.4, -0.2) is 20.9 Å². The largest absolute Gasteiger partial charge is 0.481 e. The van der Waals surface area contributed by atoms with Crippen LogP contribution in [0.5, 0.6) is 0 Å². The Morgan fingerprint density at radius 3 is 2.65 bits per heavy atom. The summed E-state index contributed by atoms with van der Waals surface area (Å²) in [5, 5.41) is 13.9. The first-order valence-electron chi connectivity index (χ1n) is 6.51. The van der Waals surface area contributed by atoms with Crippen LogP contribution in [0.3, 0.4) is 0 Å². The zero-order valence-corrected chi connectivity index (χ0v) is 12.9. The lowest BCUT2D eigenvalue weighted by Crippen LogP contribution is -2.20. The first-order valence-corrected chi connectivity index (χ1v) is 7.30. The number of aliphatic carboxylic acids is 1. The molecule has 0 spiro atoms. The maximum atomic E-state index is 11.4. The molecule has 0 bridgehead atoms. The van der Waals surface area contributed by atoms with E-state index in [9.17, 15) is 9.90 Å². The molecule has 0 unspecified atom stereocenters. The number of carboxylic acid groups (broad SMARTS) is 1. The van der Waals surface area contributed by atoms with Gasteiger partial charge in [0, 0.05) is 6.20 Å². The van der Waals surface area contributed by atoms with Crippen molar-refractivity contribution in [1.82, 2.24) is 9.78 Å². The first kappa shape index (κ1) is 13.4. The van der Waals surface area contributed by atoms with E-state index in [0.717, 1.165) is 15.7 Å². The smallest absolute Gasteiger partial charge is 0.315 e. The van der Waals surface area contributed by atoms with Gasteiger partial charge >= 0.3 is 5.97 Å². The summed E-state index contributed by atoms with van der Waals surface area (Å²) >= 11 is 3.45. The summed E-state index contributed by atoms with van der Waals surface area (Å²) in [6.07, 6.45) is 3.16. The van der Waals surface area contributed by atoms with Gasteiger partial charge in [0.1, 0.15) is 5.41 Å². The molecule has 0 saturated heterocycles. The molecule has 0 radical (unpaired) electrons. The van der Waals surface area contributed by atoms with Gasteiger partial charge in [-0.3, -0.25) is 4.79 Å². The zero-order chi connectivity index (χ0) is 14.5. The molecule has 20 heavy (non-hydrogen) atoms. The zero-order valence-electron chi connectivity index (χ0n) is 11.4. The summed E-state index contributed by atoms with van der Waals surface area (Å²) in [6, 6.07) is 6.13. The number of carboxylic acids is 1. The quantitative estimate of drug-likeness (QED) is 0.936. The Morgan fingerprint density at radius 1 is 1.40 bits per heavy atom. The fourth-order valence-electron chi connectivity index (χ4n) is 2.54. The number of nitrogens with zero attached hydrogens (tertiary/aromatic N) is 2. The monoisotopic (exact) mass is 334 g/mol. The first-order chi connectivity index (χ1) is 9.44. The Labute approximate surface area is 125 Å². The Morgan fingerprint density at radius 2 is 2.10 bits per heavy atom. The van der Waals surface area contributed by atoms with Crippen LogP contribution < -0.4 is 0 Å². The van der Waals surface area contributed by atoms with E-state index >= 15 is 0 Å². The predicted molar refractivity (Wildman–Crippen MR) is 79.3 cm³/mol. The van der Waals surface area contributed by atoms with E-state index in [4.69, 9.17) is 0 Å². The van der Waals surface area contributed by atoms with E-state index in [1.165, 1.54) is 5.56 Å². The number of rotatable bonds is 3. The molecule has 104 valence electrons. The van der Waals surface area contributed by atoms with Gasteiger partial charge in [0.2, 0.25) is 0 Å². The van der Waals surface area contributed by atoms with E-state index in [-0.39, 0.29) is 0 Å². The van der Waals surface area contributed by atoms with Gasteiger partial charge in [-0.05, 0) is 54.2 Å². The molecule has 1 aromatic heterocycles. The molecule has 4 nitrogen and oxygen atoms in total. The highest BCUT2D eigenvalue weighted by atomic mass is 79.9. The van der Waals surface area contributed by atoms with Gasteiger partial charge in [-0.1, -0.05) is 17.7 Å². The van der Waals surface area contributed by atoms with Crippen molar-refractivity contribution >= 4 is 21.9 Å². The van der Waals surface area contributed by atoms with E-state index < -0.39 is 11.4 Å². The fraction of sp³-hybridized carbons (Fsp3) is 0.333. The molecule has 1 fully saturated rings. The highest BCUT2D eigenvalue weighted by Crippen LogP contribution is 2.50. The van der Waals surface area contributed by atoms with Gasteiger partial charge in [-0.15, -0.1) is 0 Å². The second-order valence-electron chi connectivity index (χ2n) is 5.45. The van der Waals surface area contributed by atoms with Crippen molar-refractivity contribution in [3.63, 3.8) is 0 Å². The maximum Gasteiger partial charge on any atom is 0.315 e. The molecular weight excluding hydrogens is 320 g/mol. The summed E-state index contributed by atoms with van der Waals surface area (Å²) < 4.78 is 2.52. The van der Waals surface area contributed by atoms with E-state index in [1.54, 1.807) is 4.68 Å². The molecule has 5 heteroatoms. The Bertz CT molecular complexity index is 702. The van der Waals surface area contributed by atoms with Gasteiger partial charge in [0.25, 0.3) is 0 Å². The molecule has 0 amide bonds. The summed E-state index contributed by atoms with van der Waals surface area (Å²) in [4.78, 5) is 11.4. The minimum atomic E-state index is -0.789. The van der Waals surface area contributed by atoms with Gasteiger partial charge < -0.3 is 5.11 Å². The molecule has 1 saturated carbocycles. The Kier molecular flexibility index (Phi) is 2.97. The Hall–Kier alpha value is -1.62. The lowest BCUT2D eigenvalue weighted by Gasteiger charge is -2.08. The van der Waals surface area contributed by atoms with Crippen LogP contribution in [0.25, 0.3) is 5.69 Å². The standard InChI is InChI=1S/C15H15BrN2O2/c1-9-3-4-12(10(2)7-9)18-8-11(16)13(17-18)15(5-6-15)14(19)20/h3-4,7-8H,5-6H2,1-2H3,(H,19,20). The normalized spacial score (nSPS) is 16.1. The molecule has 1 heterocycles. The van der Waals surface area contributed by atoms with Crippen LogP contribution in [0.2, 0.25) is 0 Å². The second kappa shape index (κ2) is 4.45. The predicted octanol–water partition coefficient (Wildman–Crippen LogP) is 3.37. The lowest BCUT2D eigenvalue weighted by atomic mass is 10.0. The summed E-state index contributed by atoms with van der Waals surface area (Å²) in [7, 11) is 0. The minimum Gasteiger partial charge on any atom is -0.481 e. The number of aromatic nitrogens is 2. The molecule has 1 aliphatic rings. The third-order valence-corrected chi connectivity index (χ3v) is 4.46. The Balaban J connectivity index is 2.07. The highest BCUT2D eigenvalue weighted by molar-refractivity contribution is 9.10. The number of hydrogen-bond acceptors (Lipinski definition) is 2. The maximum absolute atomic E-state index is 11.4. The topological polar surface area (TPSA) is 55.1 Å². The molecule has 3 rings (SSSR count). The van der Waals surface area contributed by atoms with Crippen molar-refractivity contribution < 1.29 is 9.90 Å². The van der Waals surface area contributed by atoms with Crippen molar-refractivity contribution in [3.8, 4) is 5.69 Å². The number of hydrogen-bond donors (Lipinski definition) is 1. The van der Waals surface area contributed by atoms with Crippen molar-refractivity contribution in [1.29, 1.82) is 0 Å².